The van der Waals surface area contributed by atoms with Gasteiger partial charge < -0.3 is 93.1 Å². The van der Waals surface area contributed by atoms with E-state index < -0.39 is 24.4 Å². The molecular weight excluding hydrogens is 1940 g/mol. The number of piperidine rings is 5. The number of anilines is 10. The van der Waals surface area contributed by atoms with E-state index in [4.69, 9.17) is 28.9 Å². The van der Waals surface area contributed by atoms with Crippen LogP contribution in [0, 0.1) is 40.9 Å². The second-order valence-corrected chi connectivity index (χ2v) is 43.4. The number of aliphatic hydroxyl groups is 4. The molecule has 10 aliphatic heterocycles. The summed E-state index contributed by atoms with van der Waals surface area (Å²) in [7, 11) is 0. The van der Waals surface area contributed by atoms with Crippen LogP contribution in [0.4, 0.5) is 57.5 Å². The number of rotatable bonds is 20. The van der Waals surface area contributed by atoms with E-state index in [1.807, 2.05) is 21.5 Å². The summed E-state index contributed by atoms with van der Waals surface area (Å²) in [6, 6.07) is 34.5. The molecule has 0 bridgehead atoms. The molecule has 0 spiro atoms. The zero-order valence-electron chi connectivity index (χ0n) is 81.9. The van der Waals surface area contributed by atoms with Gasteiger partial charge in [0.1, 0.15) is 116 Å². The molecule has 5 aromatic carbocycles. The first-order valence-electron chi connectivity index (χ1n) is 51.2. The van der Waals surface area contributed by atoms with Gasteiger partial charge in [0.05, 0.1) is 105 Å². The largest absolute Gasteiger partial charge is 0.386 e. The molecule has 146 heavy (non-hydrogen) atoms. The number of thiazole rings is 5. The minimum Gasteiger partial charge on any atom is -0.386 e. The Bertz CT molecular complexity index is 6150. The summed E-state index contributed by atoms with van der Waals surface area (Å²) in [5.41, 5.74) is 10.8. The van der Waals surface area contributed by atoms with Crippen molar-refractivity contribution in [3.05, 3.63) is 205 Å². The van der Waals surface area contributed by atoms with Gasteiger partial charge in [0.2, 0.25) is 0 Å². The third-order valence-electron chi connectivity index (χ3n) is 29.5. The van der Waals surface area contributed by atoms with E-state index in [-0.39, 0.29) is 23.7 Å². The number of benzene rings is 5. The third kappa shape index (κ3) is 23.9. The number of fused-ring (bicyclic) bond motifs is 5. The van der Waals surface area contributed by atoms with Crippen LogP contribution in [0.5, 0.6) is 0 Å². The third-order valence-corrected chi connectivity index (χ3v) is 33.8. The van der Waals surface area contributed by atoms with Crippen LogP contribution < -0.4 is 49.0 Å². The lowest BCUT2D eigenvalue weighted by molar-refractivity contribution is 0.0976. The van der Waals surface area contributed by atoms with Crippen molar-refractivity contribution in [1.29, 1.82) is 5.26 Å². The molecule has 0 amide bonds. The summed E-state index contributed by atoms with van der Waals surface area (Å²) >= 11 is 7.59. The van der Waals surface area contributed by atoms with Gasteiger partial charge >= 0.3 is 0 Å². The predicted octanol–water partition coefficient (Wildman–Crippen LogP) is 14.7. The molecule has 0 radical (unpaired) electrons. The Balaban J connectivity index is 0.000000107. The maximum Gasteiger partial charge on any atom is 0.139 e. The van der Waals surface area contributed by atoms with Gasteiger partial charge in [-0.05, 0) is 161 Å². The molecule has 0 saturated carbocycles. The molecule has 9 atom stereocenters. The summed E-state index contributed by atoms with van der Waals surface area (Å²) in [5.74, 6) is 6.02. The quantitative estimate of drug-likeness (QED) is 0.0550. The number of ether oxygens (including phenoxy) is 5. The predicted molar refractivity (Wildman–Crippen MR) is 576 cm³/mol. The molecular formula is C106H124N26O9S5. The molecule has 10 saturated heterocycles. The van der Waals surface area contributed by atoms with Crippen molar-refractivity contribution in [1.82, 2.24) is 74.8 Å². The topological polar surface area (TPSA) is 377 Å². The zero-order chi connectivity index (χ0) is 98.9. The van der Waals surface area contributed by atoms with Gasteiger partial charge in [0.15, 0.2) is 0 Å². The molecule has 10 fully saturated rings. The SMILES string of the molecule is N#Cc1cnc(CC2CCCN(c3ncnc4cc(N5CCOCC5)ccc34)C2)s1.O[C@@H](c1nccs1)[C@@H]1CCCN(c2ncnc3cc(N4CCOCC4)ccc23)C1.O[C@@H](c1nccs1)[C@H]1CCCN(c2ncnc3cc(N4CCOCC4)ccc23)C1.O[C@H](c1nccs1)[C@@H]1CCCN(c2ncnc3cc(N4CCOCC4)ccc23)C1.O[C@H](c1nccs1)[C@H]1CCCN(c2ncnc3cc(N4CCOCC4)ccc23)C1. The van der Waals surface area contributed by atoms with Crippen molar-refractivity contribution < 1.29 is 44.1 Å². The van der Waals surface area contributed by atoms with Gasteiger partial charge in [-0.2, -0.15) is 5.26 Å². The van der Waals surface area contributed by atoms with Crippen molar-refractivity contribution in [2.75, 3.05) is 246 Å². The van der Waals surface area contributed by atoms with Gasteiger partial charge in [-0.15, -0.1) is 56.7 Å². The molecule has 10 aliphatic rings. The van der Waals surface area contributed by atoms with E-state index in [1.165, 1.54) is 91.5 Å². The average molecular weight is 2070 g/mol. The number of aliphatic hydroxyl groups excluding tert-OH is 4. The molecule has 1 unspecified atom stereocenters. The molecule has 25 rings (SSSR count). The van der Waals surface area contributed by atoms with Crippen molar-refractivity contribution in [3.63, 3.8) is 0 Å². The number of hydrogen-bond acceptors (Lipinski definition) is 40. The van der Waals surface area contributed by atoms with Gasteiger partial charge in [-0.1, -0.05) is 0 Å². The lowest BCUT2D eigenvalue weighted by Gasteiger charge is -2.35. The second-order valence-electron chi connectivity index (χ2n) is 38.5. The lowest BCUT2D eigenvalue weighted by Crippen LogP contribution is -2.38. The summed E-state index contributed by atoms with van der Waals surface area (Å²) in [5, 5.41) is 69.4. The van der Waals surface area contributed by atoms with Crippen molar-refractivity contribution in [2.24, 2.45) is 29.6 Å². The molecule has 10 aromatic heterocycles. The Kier molecular flexibility index (Phi) is 33.1. The van der Waals surface area contributed by atoms with Crippen molar-refractivity contribution in [3.8, 4) is 6.07 Å². The van der Waals surface area contributed by atoms with Gasteiger partial charge in [0, 0.05) is 263 Å². The number of aromatic nitrogens is 15. The van der Waals surface area contributed by atoms with Crippen LogP contribution in [0.3, 0.4) is 0 Å². The first-order chi connectivity index (χ1) is 72.0. The molecule has 762 valence electrons. The maximum atomic E-state index is 10.8. The molecule has 15 aromatic rings. The highest BCUT2D eigenvalue weighted by molar-refractivity contribution is 7.12. The first-order valence-corrected chi connectivity index (χ1v) is 55.6. The minimum absolute atomic E-state index is 0.160. The van der Waals surface area contributed by atoms with E-state index >= 15 is 0 Å². The van der Waals surface area contributed by atoms with Gasteiger partial charge in [-0.25, -0.2) is 74.8 Å². The lowest BCUT2D eigenvalue weighted by atomic mass is 9.92. The van der Waals surface area contributed by atoms with Gasteiger partial charge in [-0.3, -0.25) is 0 Å². The summed E-state index contributed by atoms with van der Waals surface area (Å²) in [6.07, 6.45) is 26.3. The number of nitrogens with zero attached hydrogens (tertiary/aromatic N) is 26. The summed E-state index contributed by atoms with van der Waals surface area (Å²) in [4.78, 5) is 91.4. The smallest absolute Gasteiger partial charge is 0.139 e. The van der Waals surface area contributed by atoms with Crippen molar-refractivity contribution >= 4 is 169 Å². The molecule has 0 aliphatic carbocycles. The highest BCUT2D eigenvalue weighted by Gasteiger charge is 2.37. The second kappa shape index (κ2) is 48.4. The fourth-order valence-electron chi connectivity index (χ4n) is 21.8. The van der Waals surface area contributed by atoms with Crippen LogP contribution in [0.25, 0.3) is 54.5 Å². The Hall–Kier alpha value is -11.9. The summed E-state index contributed by atoms with van der Waals surface area (Å²) in [6.45, 7) is 25.6. The Labute approximate surface area is 868 Å². The van der Waals surface area contributed by atoms with Gasteiger partial charge in [0.25, 0.3) is 0 Å². The molecule has 40 heteroatoms. The number of morpholine rings is 5. The number of nitriles is 1. The van der Waals surface area contributed by atoms with Crippen LogP contribution in [0.15, 0.2) is 175 Å². The first kappa shape index (κ1) is 100. The standard InChI is InChI=1S/C22H24N6OS.4C21H25N5O2S/c23-12-18-13-24-21(30-18)10-16-2-1-5-28(14-16)22-19-4-3-17(11-20(19)25-15-26-22)27-6-8-29-9-7-27;4*27-19(21-22-5-11-29-21)15-2-1-6-26(13-15)20-17-4-3-16(12-18(17)23-14-24-20)25-7-9-28-10-8-25/h3-4,11,13,15-16H,1-2,5-10,14H2;4*3-5,11-12,14-15,19,27H,1-2,6-10,13H2/t;2*15-,19+;2*15-,19-/m.1010/s1. The van der Waals surface area contributed by atoms with E-state index in [2.05, 4.69) is 221 Å². The van der Waals surface area contributed by atoms with E-state index in [1.54, 1.807) is 62.6 Å². The van der Waals surface area contributed by atoms with Crippen LogP contribution in [-0.4, -0.2) is 292 Å². The molecule has 4 N–H and O–H groups in total. The van der Waals surface area contributed by atoms with E-state index in [0.717, 1.165) is 370 Å². The maximum absolute atomic E-state index is 10.8. The highest BCUT2D eigenvalue weighted by Crippen LogP contribution is 2.43. The highest BCUT2D eigenvalue weighted by atomic mass is 32.1. The zero-order valence-corrected chi connectivity index (χ0v) is 86.0. The molecule has 35 nitrogen and oxygen atoms in total. The van der Waals surface area contributed by atoms with Crippen LogP contribution in [0.1, 0.15) is 119 Å². The number of hydrogen-bond donors (Lipinski definition) is 4. The summed E-state index contributed by atoms with van der Waals surface area (Å²) < 4.78 is 27.3. The fraction of sp³-hybridized carbons (Fsp3) is 0.472. The normalized spacial score (nSPS) is 21.1. The fourth-order valence-corrected chi connectivity index (χ4v) is 25.5. The Morgan fingerprint density at radius 2 is 0.541 bits per heavy atom. The minimum atomic E-state index is -0.515. The van der Waals surface area contributed by atoms with E-state index in [9.17, 15) is 20.4 Å². The monoisotopic (exact) mass is 2060 g/mol. The van der Waals surface area contributed by atoms with E-state index in [0.29, 0.717) is 10.8 Å². The molecule has 20 heterocycles. The Morgan fingerprint density at radius 1 is 0.295 bits per heavy atom. The van der Waals surface area contributed by atoms with Crippen LogP contribution in [0.2, 0.25) is 0 Å². The average Bonchev–Trinajstić information content (AvgIpc) is 1.01. The van der Waals surface area contributed by atoms with Crippen LogP contribution in [-0.2, 0) is 30.1 Å². The van der Waals surface area contributed by atoms with Crippen molar-refractivity contribution in [2.45, 2.75) is 95.0 Å². The Morgan fingerprint density at radius 3 is 0.774 bits per heavy atom. The van der Waals surface area contributed by atoms with Crippen LogP contribution >= 0.6 is 56.7 Å².